The SMILES string of the molecule is CC(C)[C@@H](CNc1ccc(C(=O)N2CCOCC2)cc1[N+](=O)[O-])N1CCCCCC1. The molecule has 1 atom stereocenters. The molecule has 30 heavy (non-hydrogen) atoms. The van der Waals surface area contributed by atoms with Crippen molar-refractivity contribution < 1.29 is 14.5 Å². The Morgan fingerprint density at radius 2 is 1.80 bits per heavy atom. The molecule has 0 spiro atoms. The predicted octanol–water partition coefficient (Wildman–Crippen LogP) is 3.38. The normalized spacial score (nSPS) is 19.4. The number of hydrogen-bond donors (Lipinski definition) is 1. The maximum absolute atomic E-state index is 12.7. The van der Waals surface area contributed by atoms with E-state index in [4.69, 9.17) is 4.74 Å². The summed E-state index contributed by atoms with van der Waals surface area (Å²) in [6, 6.07) is 5.07. The fourth-order valence-electron chi connectivity index (χ4n) is 4.34. The van der Waals surface area contributed by atoms with Crippen molar-refractivity contribution in [3.8, 4) is 0 Å². The van der Waals surface area contributed by atoms with Gasteiger partial charge in [0, 0.05) is 37.3 Å². The van der Waals surface area contributed by atoms with Crippen LogP contribution in [-0.4, -0.2) is 72.6 Å². The third kappa shape index (κ3) is 5.70. The van der Waals surface area contributed by atoms with E-state index in [0.717, 1.165) is 13.1 Å². The van der Waals surface area contributed by atoms with E-state index in [1.165, 1.54) is 31.7 Å². The van der Waals surface area contributed by atoms with Crippen molar-refractivity contribution in [2.45, 2.75) is 45.6 Å². The third-order valence-electron chi connectivity index (χ3n) is 6.12. The van der Waals surface area contributed by atoms with Crippen LogP contribution in [0.1, 0.15) is 49.9 Å². The zero-order chi connectivity index (χ0) is 21.5. The number of rotatable bonds is 7. The predicted molar refractivity (Wildman–Crippen MR) is 117 cm³/mol. The Bertz CT molecular complexity index is 726. The van der Waals surface area contributed by atoms with Gasteiger partial charge in [-0.3, -0.25) is 19.8 Å². The minimum absolute atomic E-state index is 0.0486. The van der Waals surface area contributed by atoms with Gasteiger partial charge in [0.1, 0.15) is 5.69 Å². The van der Waals surface area contributed by atoms with Gasteiger partial charge in [-0.05, 0) is 44.0 Å². The summed E-state index contributed by atoms with van der Waals surface area (Å²) in [7, 11) is 0. The van der Waals surface area contributed by atoms with E-state index in [2.05, 4.69) is 24.1 Å². The number of benzene rings is 1. The molecule has 0 unspecified atom stereocenters. The first-order chi connectivity index (χ1) is 14.5. The lowest BCUT2D eigenvalue weighted by atomic mass is 10.0. The zero-order valence-electron chi connectivity index (χ0n) is 18.1. The number of carbonyl (C=O) groups is 1. The average Bonchev–Trinajstić information content (AvgIpc) is 3.03. The molecular formula is C22H34N4O4. The lowest BCUT2D eigenvalue weighted by Gasteiger charge is -2.34. The number of anilines is 1. The molecule has 2 saturated heterocycles. The number of nitro groups is 1. The molecule has 1 amide bonds. The molecule has 3 rings (SSSR count). The molecule has 0 aliphatic carbocycles. The van der Waals surface area contributed by atoms with Crippen LogP contribution in [0.2, 0.25) is 0 Å². The summed E-state index contributed by atoms with van der Waals surface area (Å²) in [5.41, 5.74) is 0.772. The summed E-state index contributed by atoms with van der Waals surface area (Å²) < 4.78 is 5.28. The fraction of sp³-hybridized carbons (Fsp3) is 0.682. The van der Waals surface area contributed by atoms with Crippen LogP contribution in [0.5, 0.6) is 0 Å². The molecule has 1 aromatic rings. The minimum Gasteiger partial charge on any atom is -0.378 e. The van der Waals surface area contributed by atoms with Crippen molar-refractivity contribution >= 4 is 17.3 Å². The van der Waals surface area contributed by atoms with Gasteiger partial charge in [-0.15, -0.1) is 0 Å². The lowest BCUT2D eigenvalue weighted by Crippen LogP contribution is -2.44. The molecule has 2 aliphatic heterocycles. The van der Waals surface area contributed by atoms with Gasteiger partial charge < -0.3 is 15.0 Å². The summed E-state index contributed by atoms with van der Waals surface area (Å²) in [5, 5.41) is 15.0. The average molecular weight is 419 g/mol. The maximum atomic E-state index is 12.7. The Balaban J connectivity index is 1.72. The van der Waals surface area contributed by atoms with E-state index in [1.807, 2.05) is 0 Å². The topological polar surface area (TPSA) is 88.0 Å². The molecule has 0 aromatic heterocycles. The first kappa shape index (κ1) is 22.5. The van der Waals surface area contributed by atoms with Gasteiger partial charge in [0.05, 0.1) is 18.1 Å². The van der Waals surface area contributed by atoms with Gasteiger partial charge in [-0.1, -0.05) is 26.7 Å². The van der Waals surface area contributed by atoms with Gasteiger partial charge in [-0.25, -0.2) is 0 Å². The number of morpholine rings is 1. The number of carbonyl (C=O) groups excluding carboxylic acids is 1. The number of ether oxygens (including phenoxy) is 1. The monoisotopic (exact) mass is 418 g/mol. The van der Waals surface area contributed by atoms with E-state index < -0.39 is 4.92 Å². The number of amides is 1. The largest absolute Gasteiger partial charge is 0.378 e. The molecule has 1 N–H and O–H groups in total. The molecule has 8 nitrogen and oxygen atoms in total. The number of likely N-dealkylation sites (tertiary alicyclic amines) is 1. The molecule has 8 heteroatoms. The highest BCUT2D eigenvalue weighted by molar-refractivity contribution is 5.95. The smallest absolute Gasteiger partial charge is 0.293 e. The number of nitrogens with zero attached hydrogens (tertiary/aromatic N) is 3. The molecule has 0 bridgehead atoms. The Kier molecular flexibility index (Phi) is 8.04. The van der Waals surface area contributed by atoms with Crippen molar-refractivity contribution in [2.75, 3.05) is 51.3 Å². The van der Waals surface area contributed by atoms with E-state index >= 15 is 0 Å². The van der Waals surface area contributed by atoms with Gasteiger partial charge in [0.15, 0.2) is 0 Å². The van der Waals surface area contributed by atoms with Crippen LogP contribution in [0.25, 0.3) is 0 Å². The molecule has 2 heterocycles. The zero-order valence-corrected chi connectivity index (χ0v) is 18.1. The summed E-state index contributed by atoms with van der Waals surface area (Å²) in [6.07, 6.45) is 4.97. The van der Waals surface area contributed by atoms with Crippen molar-refractivity contribution in [1.29, 1.82) is 0 Å². The van der Waals surface area contributed by atoms with Gasteiger partial charge in [0.25, 0.3) is 11.6 Å². The van der Waals surface area contributed by atoms with E-state index in [0.29, 0.717) is 56.1 Å². The highest BCUT2D eigenvalue weighted by Crippen LogP contribution is 2.27. The molecule has 1 aromatic carbocycles. The lowest BCUT2D eigenvalue weighted by molar-refractivity contribution is -0.384. The second-order valence-corrected chi connectivity index (χ2v) is 8.54. The van der Waals surface area contributed by atoms with Crippen LogP contribution in [0.3, 0.4) is 0 Å². The summed E-state index contributed by atoms with van der Waals surface area (Å²) >= 11 is 0. The van der Waals surface area contributed by atoms with Gasteiger partial charge in [-0.2, -0.15) is 0 Å². The Hall–Kier alpha value is -2.19. The van der Waals surface area contributed by atoms with Crippen molar-refractivity contribution in [3.63, 3.8) is 0 Å². The highest BCUT2D eigenvalue weighted by atomic mass is 16.6. The van der Waals surface area contributed by atoms with Crippen molar-refractivity contribution in [3.05, 3.63) is 33.9 Å². The number of hydrogen-bond acceptors (Lipinski definition) is 6. The first-order valence-electron chi connectivity index (χ1n) is 11.1. The van der Waals surface area contributed by atoms with Crippen molar-refractivity contribution in [2.24, 2.45) is 5.92 Å². The van der Waals surface area contributed by atoms with Crippen molar-refractivity contribution in [1.82, 2.24) is 9.80 Å². The van der Waals surface area contributed by atoms with Crippen LogP contribution in [0.15, 0.2) is 18.2 Å². The highest BCUT2D eigenvalue weighted by Gasteiger charge is 2.25. The summed E-state index contributed by atoms with van der Waals surface area (Å²) in [6.45, 7) is 9.25. The quantitative estimate of drug-likeness (QED) is 0.539. The van der Waals surface area contributed by atoms with Gasteiger partial charge >= 0.3 is 0 Å². The molecule has 2 fully saturated rings. The molecule has 166 valence electrons. The molecular weight excluding hydrogens is 384 g/mol. The van der Waals surface area contributed by atoms with Crippen LogP contribution in [0, 0.1) is 16.0 Å². The molecule has 0 radical (unpaired) electrons. The second kappa shape index (κ2) is 10.7. The summed E-state index contributed by atoms with van der Waals surface area (Å²) in [4.78, 5) is 28.2. The summed E-state index contributed by atoms with van der Waals surface area (Å²) in [5.74, 6) is 0.259. The Labute approximate surface area is 178 Å². The fourth-order valence-corrected chi connectivity index (χ4v) is 4.34. The van der Waals surface area contributed by atoms with E-state index in [-0.39, 0.29) is 11.6 Å². The molecule has 2 aliphatic rings. The van der Waals surface area contributed by atoms with Crippen LogP contribution in [-0.2, 0) is 4.74 Å². The van der Waals surface area contributed by atoms with Gasteiger partial charge in [0.2, 0.25) is 0 Å². The molecule has 0 saturated carbocycles. The van der Waals surface area contributed by atoms with Crippen LogP contribution < -0.4 is 5.32 Å². The minimum atomic E-state index is -0.408. The van der Waals surface area contributed by atoms with Crippen LogP contribution in [0.4, 0.5) is 11.4 Å². The van der Waals surface area contributed by atoms with E-state index in [9.17, 15) is 14.9 Å². The van der Waals surface area contributed by atoms with E-state index in [1.54, 1.807) is 17.0 Å². The first-order valence-corrected chi connectivity index (χ1v) is 11.1. The second-order valence-electron chi connectivity index (χ2n) is 8.54. The standard InChI is InChI=1S/C22H34N4O4/c1-17(2)21(24-9-5-3-4-6-10-24)16-23-19-8-7-18(15-20(19)26(28)29)22(27)25-11-13-30-14-12-25/h7-8,15,17,21,23H,3-6,9-14,16H2,1-2H3/t21-/m1/s1. The number of nitrogens with one attached hydrogen (secondary N) is 1. The van der Waals surface area contributed by atoms with Crippen LogP contribution >= 0.6 is 0 Å². The Morgan fingerprint density at radius 1 is 1.13 bits per heavy atom. The Morgan fingerprint density at radius 3 is 2.40 bits per heavy atom. The maximum Gasteiger partial charge on any atom is 0.293 e. The number of nitro benzene ring substituents is 1. The third-order valence-corrected chi connectivity index (χ3v) is 6.12.